The van der Waals surface area contributed by atoms with Crippen LogP contribution in [-0.4, -0.2) is 55.0 Å². The van der Waals surface area contributed by atoms with Gasteiger partial charge in [0.2, 0.25) is 0 Å². The third kappa shape index (κ3) is 3.71. The smallest absolute Gasteiger partial charge is 0.317 e. The van der Waals surface area contributed by atoms with Crippen molar-refractivity contribution in [1.29, 1.82) is 0 Å². The van der Waals surface area contributed by atoms with Crippen LogP contribution in [0.5, 0.6) is 0 Å². The second kappa shape index (κ2) is 6.56. The molecule has 0 spiro atoms. The van der Waals surface area contributed by atoms with E-state index in [4.69, 9.17) is 0 Å². The van der Waals surface area contributed by atoms with Crippen molar-refractivity contribution in [3.63, 3.8) is 0 Å². The number of likely N-dealkylation sites (tertiary alicyclic amines) is 1. The molecule has 1 heterocycles. The minimum Gasteiger partial charge on any atom is -0.338 e. The average molecular weight is 293 g/mol. The Morgan fingerprint density at radius 3 is 2.43 bits per heavy atom. The van der Waals surface area contributed by atoms with Gasteiger partial charge in [0.05, 0.1) is 5.56 Å². The van der Waals surface area contributed by atoms with Crippen LogP contribution >= 0.6 is 0 Å². The van der Waals surface area contributed by atoms with E-state index in [0.717, 1.165) is 0 Å². The van der Waals surface area contributed by atoms with Gasteiger partial charge in [-0.05, 0) is 25.0 Å². The lowest BCUT2D eigenvalue weighted by molar-refractivity contribution is 0.0702. The predicted molar refractivity (Wildman–Crippen MR) is 77.5 cm³/mol. The fourth-order valence-electron chi connectivity index (χ4n) is 2.34. The van der Waals surface area contributed by atoms with Crippen molar-refractivity contribution in [3.05, 3.63) is 35.6 Å². The zero-order chi connectivity index (χ0) is 15.4. The molecule has 1 aromatic carbocycles. The maximum absolute atomic E-state index is 13.6. The van der Waals surface area contributed by atoms with Crippen molar-refractivity contribution < 1.29 is 14.0 Å². The lowest BCUT2D eigenvalue weighted by atomic mass is 10.0. The summed E-state index contributed by atoms with van der Waals surface area (Å²) in [6, 6.07) is 5.93. The van der Waals surface area contributed by atoms with E-state index in [1.165, 1.54) is 17.0 Å². The largest absolute Gasteiger partial charge is 0.338 e. The van der Waals surface area contributed by atoms with Crippen molar-refractivity contribution in [1.82, 2.24) is 15.1 Å². The van der Waals surface area contributed by atoms with Gasteiger partial charge in [0.15, 0.2) is 0 Å². The van der Waals surface area contributed by atoms with E-state index in [1.54, 1.807) is 31.1 Å². The number of nitrogens with zero attached hydrogens (tertiary/aromatic N) is 2. The van der Waals surface area contributed by atoms with Crippen LogP contribution in [0.4, 0.5) is 9.18 Å². The van der Waals surface area contributed by atoms with Gasteiger partial charge in [0.25, 0.3) is 5.91 Å². The Morgan fingerprint density at radius 2 is 1.86 bits per heavy atom. The Kier molecular flexibility index (Phi) is 4.77. The van der Waals surface area contributed by atoms with Crippen molar-refractivity contribution in [3.8, 4) is 0 Å². The van der Waals surface area contributed by atoms with Crippen LogP contribution < -0.4 is 5.32 Å². The van der Waals surface area contributed by atoms with Crippen LogP contribution in [0.3, 0.4) is 0 Å². The number of piperidine rings is 1. The van der Waals surface area contributed by atoms with Crippen LogP contribution in [0.15, 0.2) is 24.3 Å². The molecule has 21 heavy (non-hydrogen) atoms. The summed E-state index contributed by atoms with van der Waals surface area (Å²) in [6.07, 6.45) is 1.36. The molecule has 1 aliphatic rings. The average Bonchev–Trinajstić information content (AvgIpc) is 2.47. The number of benzene rings is 1. The van der Waals surface area contributed by atoms with Crippen LogP contribution in [0.25, 0.3) is 0 Å². The molecule has 1 saturated heterocycles. The fraction of sp³-hybridized carbons (Fsp3) is 0.467. The molecule has 3 amide bonds. The quantitative estimate of drug-likeness (QED) is 0.902. The number of halogens is 1. The van der Waals surface area contributed by atoms with Gasteiger partial charge in [-0.2, -0.15) is 0 Å². The van der Waals surface area contributed by atoms with Crippen molar-refractivity contribution >= 4 is 11.9 Å². The lowest BCUT2D eigenvalue weighted by Crippen LogP contribution is -2.48. The van der Waals surface area contributed by atoms with Gasteiger partial charge in [-0.1, -0.05) is 12.1 Å². The van der Waals surface area contributed by atoms with E-state index in [9.17, 15) is 14.0 Å². The summed E-state index contributed by atoms with van der Waals surface area (Å²) in [7, 11) is 3.37. The number of hydrogen-bond donors (Lipinski definition) is 1. The molecule has 1 aliphatic heterocycles. The normalized spacial score (nSPS) is 15.7. The zero-order valence-corrected chi connectivity index (χ0v) is 12.3. The van der Waals surface area contributed by atoms with Gasteiger partial charge in [0.1, 0.15) is 5.82 Å². The number of rotatable bonds is 2. The molecule has 0 atom stereocenters. The molecule has 0 aliphatic carbocycles. The van der Waals surface area contributed by atoms with E-state index in [1.807, 2.05) is 0 Å². The molecular formula is C15H20FN3O2. The molecule has 2 rings (SSSR count). The van der Waals surface area contributed by atoms with Gasteiger partial charge >= 0.3 is 6.03 Å². The fourth-order valence-corrected chi connectivity index (χ4v) is 2.34. The van der Waals surface area contributed by atoms with Crippen molar-refractivity contribution in [2.45, 2.75) is 18.9 Å². The first-order valence-electron chi connectivity index (χ1n) is 7.00. The van der Waals surface area contributed by atoms with E-state index in [2.05, 4.69) is 5.32 Å². The topological polar surface area (TPSA) is 52.7 Å². The number of carbonyl (C=O) groups is 2. The first-order chi connectivity index (χ1) is 9.99. The second-order valence-corrected chi connectivity index (χ2v) is 5.39. The Balaban J connectivity index is 1.91. The van der Waals surface area contributed by atoms with Crippen molar-refractivity contribution in [2.75, 3.05) is 27.2 Å². The van der Waals surface area contributed by atoms with Crippen molar-refractivity contribution in [2.24, 2.45) is 0 Å². The first kappa shape index (κ1) is 15.3. The summed E-state index contributed by atoms with van der Waals surface area (Å²) in [4.78, 5) is 26.9. The molecular weight excluding hydrogens is 273 g/mol. The van der Waals surface area contributed by atoms with E-state index < -0.39 is 5.82 Å². The molecule has 0 unspecified atom stereocenters. The molecule has 5 nitrogen and oxygen atoms in total. The summed E-state index contributed by atoms with van der Waals surface area (Å²) in [6.45, 7) is 1.04. The predicted octanol–water partition coefficient (Wildman–Crippen LogP) is 1.70. The molecule has 114 valence electrons. The minimum atomic E-state index is -0.495. The monoisotopic (exact) mass is 293 g/mol. The summed E-state index contributed by atoms with van der Waals surface area (Å²) in [5.74, 6) is -0.781. The Morgan fingerprint density at radius 1 is 1.24 bits per heavy atom. The third-order valence-corrected chi connectivity index (χ3v) is 3.62. The van der Waals surface area contributed by atoms with Gasteiger partial charge < -0.3 is 15.1 Å². The van der Waals surface area contributed by atoms with Crippen LogP contribution in [0.2, 0.25) is 0 Å². The molecule has 6 heteroatoms. The summed E-state index contributed by atoms with van der Waals surface area (Å²) < 4.78 is 13.6. The standard InChI is InChI=1S/C15H20FN3O2/c1-18(2)15(21)17-11-7-9-19(10-8-11)14(20)12-5-3-4-6-13(12)16/h3-6,11H,7-10H2,1-2H3,(H,17,21). The van der Waals surface area contributed by atoms with E-state index in [-0.39, 0.29) is 23.5 Å². The van der Waals surface area contributed by atoms with Crippen LogP contribution in [0, 0.1) is 5.82 Å². The zero-order valence-electron chi connectivity index (χ0n) is 12.3. The lowest BCUT2D eigenvalue weighted by Gasteiger charge is -2.33. The first-order valence-corrected chi connectivity index (χ1v) is 7.00. The number of hydrogen-bond acceptors (Lipinski definition) is 2. The van der Waals surface area contributed by atoms with E-state index >= 15 is 0 Å². The highest BCUT2D eigenvalue weighted by Crippen LogP contribution is 2.16. The summed E-state index contributed by atoms with van der Waals surface area (Å²) >= 11 is 0. The Bertz CT molecular complexity index is 525. The highest BCUT2D eigenvalue weighted by atomic mass is 19.1. The molecule has 0 bridgehead atoms. The molecule has 1 fully saturated rings. The Hall–Kier alpha value is -2.11. The third-order valence-electron chi connectivity index (χ3n) is 3.62. The van der Waals surface area contributed by atoms with E-state index in [0.29, 0.717) is 25.9 Å². The number of nitrogens with one attached hydrogen (secondary N) is 1. The SMILES string of the molecule is CN(C)C(=O)NC1CCN(C(=O)c2ccccc2F)CC1. The van der Waals surface area contributed by atoms with Gasteiger partial charge in [-0.3, -0.25) is 4.79 Å². The highest BCUT2D eigenvalue weighted by Gasteiger charge is 2.26. The maximum atomic E-state index is 13.6. The molecule has 0 radical (unpaired) electrons. The minimum absolute atomic E-state index is 0.0598. The van der Waals surface area contributed by atoms with Crippen LogP contribution in [0.1, 0.15) is 23.2 Å². The number of amides is 3. The molecule has 0 saturated carbocycles. The number of carbonyl (C=O) groups excluding carboxylic acids is 2. The molecule has 1 aromatic rings. The van der Waals surface area contributed by atoms with Gasteiger partial charge in [-0.25, -0.2) is 9.18 Å². The Labute approximate surface area is 123 Å². The van der Waals surface area contributed by atoms with Crippen LogP contribution in [-0.2, 0) is 0 Å². The summed E-state index contributed by atoms with van der Waals surface area (Å²) in [5, 5.41) is 2.90. The van der Waals surface area contributed by atoms with Gasteiger partial charge in [0, 0.05) is 33.2 Å². The number of urea groups is 1. The molecule has 0 aromatic heterocycles. The maximum Gasteiger partial charge on any atom is 0.317 e. The second-order valence-electron chi connectivity index (χ2n) is 5.39. The molecule has 1 N–H and O–H groups in total. The summed E-state index contributed by atoms with van der Waals surface area (Å²) in [5.41, 5.74) is 0.105. The van der Waals surface area contributed by atoms with Gasteiger partial charge in [-0.15, -0.1) is 0 Å². The highest BCUT2D eigenvalue weighted by molar-refractivity contribution is 5.94.